The first-order valence-corrected chi connectivity index (χ1v) is 15.5. The maximum absolute atomic E-state index is 13.9. The fraction of sp³-hybridized carbons (Fsp3) is 0.552. The summed E-state index contributed by atoms with van der Waals surface area (Å²) in [6, 6.07) is 1.66. The molecule has 1 saturated heterocycles. The van der Waals surface area contributed by atoms with Gasteiger partial charge in [0.05, 0.1) is 35.2 Å². The Bertz CT molecular complexity index is 1590. The standard InChI is InChI=1S/C29H32ClN5O4S/c1-16-14-39-10-9-34(16)27(37)17-5-6-18-22(11-17)40-26-23(18)25(31-15-32-26)33-20-12-19(30)24-21(36)13-29(35(24)28(20)38)7-3-2-4-8-29/h12,15-17H,2-11,13-14H2,1H3,(H,31,32,33)/t16-,17+/m1/s1. The third-order valence-electron chi connectivity index (χ3n) is 9.27. The number of hydrogen-bond donors (Lipinski definition) is 1. The van der Waals surface area contributed by atoms with Gasteiger partial charge >= 0.3 is 0 Å². The number of nitrogens with zero attached hydrogens (tertiary/aromatic N) is 4. The SMILES string of the molecule is C[C@@H]1COCCN1C(=O)[C@H]1CCc2c(sc3ncnc(Nc4cc(Cl)c5n(c4=O)C4(CCCCC4)CC5=O)c23)C1. The molecule has 1 amide bonds. The Morgan fingerprint density at radius 2 is 2.05 bits per heavy atom. The van der Waals surface area contributed by atoms with Crippen LogP contribution in [-0.4, -0.2) is 56.9 Å². The molecule has 1 spiro atoms. The molecule has 2 atom stereocenters. The van der Waals surface area contributed by atoms with Crippen LogP contribution in [0, 0.1) is 5.92 Å². The van der Waals surface area contributed by atoms with E-state index in [0.29, 0.717) is 54.8 Å². The number of rotatable bonds is 3. The number of halogens is 1. The maximum atomic E-state index is 13.9. The number of thiophene rings is 1. The first-order valence-electron chi connectivity index (χ1n) is 14.3. The summed E-state index contributed by atoms with van der Waals surface area (Å²) >= 11 is 8.25. The van der Waals surface area contributed by atoms with Gasteiger partial charge in [-0.2, -0.15) is 0 Å². The molecule has 3 aromatic heterocycles. The predicted molar refractivity (Wildman–Crippen MR) is 154 cm³/mol. The number of morpholine rings is 1. The summed E-state index contributed by atoms with van der Waals surface area (Å²) in [6.45, 7) is 3.85. The van der Waals surface area contributed by atoms with Crippen molar-refractivity contribution in [2.24, 2.45) is 5.92 Å². The van der Waals surface area contributed by atoms with Gasteiger partial charge in [-0.3, -0.25) is 19.0 Å². The third-order valence-corrected chi connectivity index (χ3v) is 10.7. The summed E-state index contributed by atoms with van der Waals surface area (Å²) in [5.41, 5.74) is 1.09. The second-order valence-corrected chi connectivity index (χ2v) is 13.2. The molecule has 210 valence electrons. The van der Waals surface area contributed by atoms with Gasteiger partial charge in [-0.15, -0.1) is 11.3 Å². The Kier molecular flexibility index (Phi) is 6.47. The first-order chi connectivity index (χ1) is 19.4. The monoisotopic (exact) mass is 581 g/mol. The Hall–Kier alpha value is -2.82. The number of fused-ring (bicyclic) bond motifs is 5. The van der Waals surface area contributed by atoms with Crippen LogP contribution in [0.4, 0.5) is 11.5 Å². The smallest absolute Gasteiger partial charge is 0.275 e. The van der Waals surface area contributed by atoms with Crippen molar-refractivity contribution >= 4 is 56.4 Å². The van der Waals surface area contributed by atoms with Crippen molar-refractivity contribution in [1.82, 2.24) is 19.4 Å². The third kappa shape index (κ3) is 4.10. The average molecular weight is 582 g/mol. The van der Waals surface area contributed by atoms with Crippen molar-refractivity contribution < 1.29 is 14.3 Å². The normalized spacial score (nSPS) is 23.9. The highest BCUT2D eigenvalue weighted by Gasteiger charge is 2.46. The van der Waals surface area contributed by atoms with Crippen molar-refractivity contribution in [3.8, 4) is 0 Å². The van der Waals surface area contributed by atoms with Crippen LogP contribution in [0.1, 0.15) is 72.8 Å². The van der Waals surface area contributed by atoms with E-state index in [1.807, 2.05) is 11.8 Å². The molecule has 2 fully saturated rings. The second kappa shape index (κ2) is 9.92. The average Bonchev–Trinajstić information content (AvgIpc) is 3.46. The Balaban J connectivity index is 1.23. The van der Waals surface area contributed by atoms with Crippen LogP contribution in [0.25, 0.3) is 10.2 Å². The van der Waals surface area contributed by atoms with Crippen molar-refractivity contribution in [3.05, 3.63) is 43.9 Å². The van der Waals surface area contributed by atoms with E-state index in [-0.39, 0.29) is 29.2 Å². The van der Waals surface area contributed by atoms with Crippen LogP contribution in [0.2, 0.25) is 5.02 Å². The van der Waals surface area contributed by atoms with Gasteiger partial charge in [0.15, 0.2) is 5.78 Å². The van der Waals surface area contributed by atoms with Crippen LogP contribution in [0.5, 0.6) is 0 Å². The lowest BCUT2D eigenvalue weighted by molar-refractivity contribution is -0.143. The molecular formula is C29H32ClN5O4S. The van der Waals surface area contributed by atoms with Gasteiger partial charge in [0.1, 0.15) is 28.4 Å². The minimum Gasteiger partial charge on any atom is -0.377 e. The van der Waals surface area contributed by atoms with Gasteiger partial charge in [-0.1, -0.05) is 30.9 Å². The summed E-state index contributed by atoms with van der Waals surface area (Å²) in [7, 11) is 0. The molecule has 0 aromatic carbocycles. The topological polar surface area (TPSA) is 106 Å². The molecule has 4 aliphatic rings. The summed E-state index contributed by atoms with van der Waals surface area (Å²) in [5, 5.41) is 4.49. The van der Waals surface area contributed by atoms with Gasteiger partial charge in [-0.25, -0.2) is 9.97 Å². The van der Waals surface area contributed by atoms with Crippen molar-refractivity contribution in [1.29, 1.82) is 0 Å². The van der Waals surface area contributed by atoms with E-state index in [1.54, 1.807) is 22.0 Å². The highest BCUT2D eigenvalue weighted by Crippen LogP contribution is 2.45. The molecule has 11 heteroatoms. The van der Waals surface area contributed by atoms with Crippen LogP contribution in [0.15, 0.2) is 17.2 Å². The number of carbonyl (C=O) groups excluding carboxylic acids is 2. The summed E-state index contributed by atoms with van der Waals surface area (Å²) in [5.74, 6) is 0.650. The number of ketones is 1. The van der Waals surface area contributed by atoms with E-state index in [2.05, 4.69) is 15.3 Å². The van der Waals surface area contributed by atoms with Gasteiger partial charge in [0.2, 0.25) is 5.91 Å². The van der Waals surface area contributed by atoms with Gasteiger partial charge in [-0.05, 0) is 50.7 Å². The number of amides is 1. The zero-order chi connectivity index (χ0) is 27.6. The fourth-order valence-corrected chi connectivity index (χ4v) is 8.86. The maximum Gasteiger partial charge on any atom is 0.275 e. The quantitative estimate of drug-likeness (QED) is 0.471. The Morgan fingerprint density at radius 1 is 1.23 bits per heavy atom. The number of pyridine rings is 1. The molecule has 40 heavy (non-hydrogen) atoms. The molecule has 2 aliphatic heterocycles. The van der Waals surface area contributed by atoms with Crippen molar-refractivity contribution in [2.75, 3.05) is 25.1 Å². The van der Waals surface area contributed by atoms with Gasteiger partial charge in [0.25, 0.3) is 5.56 Å². The molecular weight excluding hydrogens is 550 g/mol. The minimum absolute atomic E-state index is 0.0533. The number of ether oxygens (including phenoxy) is 1. The molecule has 1 saturated carbocycles. The Morgan fingerprint density at radius 3 is 2.85 bits per heavy atom. The van der Waals surface area contributed by atoms with Crippen LogP contribution >= 0.6 is 22.9 Å². The molecule has 7 rings (SSSR count). The first kappa shape index (κ1) is 26.1. The molecule has 1 N–H and O–H groups in total. The van der Waals surface area contributed by atoms with Crippen LogP contribution < -0.4 is 10.9 Å². The van der Waals surface area contributed by atoms with E-state index in [0.717, 1.165) is 65.6 Å². The number of aromatic nitrogens is 3. The lowest BCUT2D eigenvalue weighted by atomic mass is 9.80. The minimum atomic E-state index is -0.481. The molecule has 9 nitrogen and oxygen atoms in total. The molecule has 0 bridgehead atoms. The van der Waals surface area contributed by atoms with E-state index >= 15 is 0 Å². The largest absolute Gasteiger partial charge is 0.377 e. The summed E-state index contributed by atoms with van der Waals surface area (Å²) < 4.78 is 7.21. The zero-order valence-electron chi connectivity index (χ0n) is 22.5. The van der Waals surface area contributed by atoms with Crippen LogP contribution in [-0.2, 0) is 27.9 Å². The number of Topliss-reactive ketones (excluding diaryl/α,β-unsaturated/α-hetero) is 1. The highest BCUT2D eigenvalue weighted by molar-refractivity contribution is 7.19. The lowest BCUT2D eigenvalue weighted by Crippen LogP contribution is -2.50. The van der Waals surface area contributed by atoms with E-state index in [4.69, 9.17) is 16.3 Å². The summed E-state index contributed by atoms with van der Waals surface area (Å²) in [4.78, 5) is 53.3. The second-order valence-electron chi connectivity index (χ2n) is 11.7. The molecule has 0 unspecified atom stereocenters. The van der Waals surface area contributed by atoms with Crippen molar-refractivity contribution in [2.45, 2.75) is 76.3 Å². The van der Waals surface area contributed by atoms with Gasteiger partial charge in [0, 0.05) is 23.8 Å². The zero-order valence-corrected chi connectivity index (χ0v) is 24.1. The van der Waals surface area contributed by atoms with E-state index in [9.17, 15) is 14.4 Å². The van der Waals surface area contributed by atoms with Crippen LogP contribution in [0.3, 0.4) is 0 Å². The fourth-order valence-electron chi connectivity index (χ4n) is 7.29. The number of carbonyl (C=O) groups is 2. The van der Waals surface area contributed by atoms with E-state index in [1.165, 1.54) is 6.33 Å². The molecule has 2 aliphatic carbocycles. The van der Waals surface area contributed by atoms with Crippen molar-refractivity contribution in [3.63, 3.8) is 0 Å². The molecule has 5 heterocycles. The summed E-state index contributed by atoms with van der Waals surface area (Å²) in [6.07, 6.45) is 8.75. The predicted octanol–water partition coefficient (Wildman–Crippen LogP) is 4.85. The number of aryl methyl sites for hydroxylation is 1. The number of anilines is 2. The molecule has 0 radical (unpaired) electrons. The lowest BCUT2D eigenvalue weighted by Gasteiger charge is -2.36. The number of nitrogens with one attached hydrogen (secondary N) is 1. The van der Waals surface area contributed by atoms with E-state index < -0.39 is 5.54 Å². The molecule has 3 aromatic rings. The highest BCUT2D eigenvalue weighted by atomic mass is 35.5. The Labute approximate surface area is 240 Å². The van der Waals surface area contributed by atoms with Gasteiger partial charge < -0.3 is 15.0 Å². The number of hydrogen-bond acceptors (Lipinski definition) is 8.